The molecule has 0 aliphatic rings. The number of benzene rings is 1. The van der Waals surface area contributed by atoms with E-state index in [4.69, 9.17) is 15.2 Å². The highest BCUT2D eigenvalue weighted by Crippen LogP contribution is 2.22. The normalized spacial score (nSPS) is 10.7. The zero-order chi connectivity index (χ0) is 18.9. The molecule has 3 N–H and O–H groups in total. The smallest absolute Gasteiger partial charge is 0.311 e. The third-order valence-electron chi connectivity index (χ3n) is 2.89. The quantitative estimate of drug-likeness (QED) is 0.351. The number of hydrogen-bond acceptors (Lipinski definition) is 8. The Kier molecular flexibility index (Phi) is 7.54. The van der Waals surface area contributed by atoms with Gasteiger partial charge in [0.1, 0.15) is 5.75 Å². The van der Waals surface area contributed by atoms with E-state index in [1.165, 1.54) is 17.6 Å². The SMILES string of the molecule is CCOC(=O)Cc1csc(NN=Cc2cc(Br)ccc2OCC(N)=O)n1. The van der Waals surface area contributed by atoms with Crippen LogP contribution in [-0.2, 0) is 20.7 Å². The van der Waals surface area contributed by atoms with Crippen LogP contribution in [0.1, 0.15) is 18.2 Å². The van der Waals surface area contributed by atoms with Gasteiger partial charge in [-0.05, 0) is 25.1 Å². The van der Waals surface area contributed by atoms with Gasteiger partial charge < -0.3 is 15.2 Å². The molecule has 8 nitrogen and oxygen atoms in total. The average molecular weight is 441 g/mol. The van der Waals surface area contributed by atoms with Crippen LogP contribution in [0.5, 0.6) is 5.75 Å². The van der Waals surface area contributed by atoms with Gasteiger partial charge in [-0.3, -0.25) is 15.0 Å². The molecule has 0 spiro atoms. The molecule has 10 heteroatoms. The van der Waals surface area contributed by atoms with Gasteiger partial charge in [-0.15, -0.1) is 11.3 Å². The van der Waals surface area contributed by atoms with Crippen molar-refractivity contribution in [3.05, 3.63) is 39.3 Å². The number of thiazole rings is 1. The first-order chi connectivity index (χ1) is 12.5. The molecule has 1 aromatic heterocycles. The molecule has 0 saturated carbocycles. The van der Waals surface area contributed by atoms with E-state index in [0.29, 0.717) is 28.7 Å². The molecule has 2 aromatic rings. The van der Waals surface area contributed by atoms with Crippen LogP contribution in [0.2, 0.25) is 0 Å². The molecular formula is C16H17BrN4O4S. The summed E-state index contributed by atoms with van der Waals surface area (Å²) < 4.78 is 11.1. The van der Waals surface area contributed by atoms with Crippen molar-refractivity contribution in [1.82, 2.24) is 4.98 Å². The highest BCUT2D eigenvalue weighted by atomic mass is 79.9. The Bertz CT molecular complexity index is 809. The van der Waals surface area contributed by atoms with Gasteiger partial charge in [-0.1, -0.05) is 15.9 Å². The van der Waals surface area contributed by atoms with E-state index in [1.54, 1.807) is 30.5 Å². The first kappa shape index (κ1) is 19.9. The lowest BCUT2D eigenvalue weighted by molar-refractivity contribution is -0.142. The van der Waals surface area contributed by atoms with Gasteiger partial charge in [0, 0.05) is 15.4 Å². The van der Waals surface area contributed by atoms with Crippen LogP contribution in [0, 0.1) is 0 Å². The number of hydrogen-bond donors (Lipinski definition) is 2. The van der Waals surface area contributed by atoms with Gasteiger partial charge in [-0.25, -0.2) is 4.98 Å². The van der Waals surface area contributed by atoms with Gasteiger partial charge in [0.25, 0.3) is 5.91 Å². The van der Waals surface area contributed by atoms with E-state index in [2.05, 4.69) is 31.4 Å². The number of carbonyl (C=O) groups excluding carboxylic acids is 2. The molecular weight excluding hydrogens is 424 g/mol. The number of ether oxygens (including phenoxy) is 2. The molecule has 0 atom stereocenters. The van der Waals surface area contributed by atoms with E-state index < -0.39 is 5.91 Å². The van der Waals surface area contributed by atoms with E-state index in [-0.39, 0.29) is 19.0 Å². The number of nitrogens with two attached hydrogens (primary N) is 1. The molecule has 2 rings (SSSR count). The van der Waals surface area contributed by atoms with Crippen molar-refractivity contribution in [2.45, 2.75) is 13.3 Å². The van der Waals surface area contributed by atoms with Crippen molar-refractivity contribution in [3.63, 3.8) is 0 Å². The number of nitrogens with one attached hydrogen (secondary N) is 1. The van der Waals surface area contributed by atoms with E-state index in [0.717, 1.165) is 4.47 Å². The topological polar surface area (TPSA) is 116 Å². The van der Waals surface area contributed by atoms with E-state index >= 15 is 0 Å². The fourth-order valence-electron chi connectivity index (χ4n) is 1.86. The Balaban J connectivity index is 2.00. The first-order valence-electron chi connectivity index (χ1n) is 7.57. The zero-order valence-electron chi connectivity index (χ0n) is 13.9. The second-order valence-electron chi connectivity index (χ2n) is 4.93. The zero-order valence-corrected chi connectivity index (χ0v) is 16.3. The molecule has 138 valence electrons. The maximum Gasteiger partial charge on any atom is 0.311 e. The van der Waals surface area contributed by atoms with Crippen LogP contribution < -0.4 is 15.9 Å². The molecule has 0 saturated heterocycles. The third-order valence-corrected chi connectivity index (χ3v) is 4.18. The highest BCUT2D eigenvalue weighted by molar-refractivity contribution is 9.10. The molecule has 0 unspecified atom stereocenters. The molecule has 1 heterocycles. The summed E-state index contributed by atoms with van der Waals surface area (Å²) in [4.78, 5) is 26.6. The molecule has 0 aliphatic carbocycles. The summed E-state index contributed by atoms with van der Waals surface area (Å²) in [7, 11) is 0. The molecule has 1 aromatic carbocycles. The van der Waals surface area contributed by atoms with Crippen LogP contribution in [0.25, 0.3) is 0 Å². The van der Waals surface area contributed by atoms with Crippen LogP contribution in [-0.4, -0.2) is 36.3 Å². The van der Waals surface area contributed by atoms with Gasteiger partial charge in [0.2, 0.25) is 5.13 Å². The maximum absolute atomic E-state index is 11.4. The van der Waals surface area contributed by atoms with Crippen molar-refractivity contribution in [2.75, 3.05) is 18.6 Å². The minimum Gasteiger partial charge on any atom is -0.483 e. The maximum atomic E-state index is 11.4. The predicted octanol–water partition coefficient (Wildman–Crippen LogP) is 2.32. The third kappa shape index (κ3) is 6.45. The second-order valence-corrected chi connectivity index (χ2v) is 6.71. The Labute approximate surface area is 162 Å². The van der Waals surface area contributed by atoms with Gasteiger partial charge in [-0.2, -0.15) is 5.10 Å². The number of aromatic nitrogens is 1. The number of anilines is 1. The fourth-order valence-corrected chi connectivity index (χ4v) is 2.89. The average Bonchev–Trinajstić information content (AvgIpc) is 3.01. The minimum absolute atomic E-state index is 0.118. The first-order valence-corrected chi connectivity index (χ1v) is 9.25. The largest absolute Gasteiger partial charge is 0.483 e. The second kappa shape index (κ2) is 9.88. The van der Waals surface area contributed by atoms with E-state index in [1.807, 2.05) is 0 Å². The minimum atomic E-state index is -0.564. The standard InChI is InChI=1S/C16H17BrN4O4S/c1-2-24-15(23)6-12-9-26-16(20-12)21-19-7-10-5-11(17)3-4-13(10)25-8-14(18)22/h3-5,7,9H,2,6,8H2,1H3,(H2,18,22)(H,20,21). The predicted molar refractivity (Wildman–Crippen MR) is 102 cm³/mol. The Morgan fingerprint density at radius 1 is 1.46 bits per heavy atom. The monoisotopic (exact) mass is 440 g/mol. The van der Waals surface area contributed by atoms with Crippen molar-refractivity contribution in [3.8, 4) is 5.75 Å². The Hall–Kier alpha value is -2.46. The van der Waals surface area contributed by atoms with Crippen molar-refractivity contribution in [1.29, 1.82) is 0 Å². The van der Waals surface area contributed by atoms with Crippen molar-refractivity contribution >= 4 is 50.5 Å². The summed E-state index contributed by atoms with van der Waals surface area (Å²) >= 11 is 4.69. The number of primary amides is 1. The number of carbonyl (C=O) groups is 2. The van der Waals surface area contributed by atoms with E-state index in [9.17, 15) is 9.59 Å². The summed E-state index contributed by atoms with van der Waals surface area (Å²) in [6, 6.07) is 5.27. The summed E-state index contributed by atoms with van der Waals surface area (Å²) in [5, 5.41) is 6.41. The number of halogens is 1. The van der Waals surface area contributed by atoms with Crippen LogP contribution in [0.15, 0.2) is 33.2 Å². The number of nitrogens with zero attached hydrogens (tertiary/aromatic N) is 2. The summed E-state index contributed by atoms with van der Waals surface area (Å²) in [5.41, 5.74) is 9.15. The number of hydrazone groups is 1. The molecule has 0 bridgehead atoms. The number of amides is 1. The molecule has 1 amide bonds. The number of esters is 1. The van der Waals surface area contributed by atoms with Crippen LogP contribution in [0.4, 0.5) is 5.13 Å². The lowest BCUT2D eigenvalue weighted by Crippen LogP contribution is -2.20. The summed E-state index contributed by atoms with van der Waals surface area (Å²) in [6.45, 7) is 1.87. The summed E-state index contributed by atoms with van der Waals surface area (Å²) in [5.74, 6) is -0.413. The van der Waals surface area contributed by atoms with Gasteiger partial charge in [0.05, 0.1) is 24.9 Å². The van der Waals surface area contributed by atoms with Crippen LogP contribution in [0.3, 0.4) is 0 Å². The Morgan fingerprint density at radius 2 is 2.27 bits per heavy atom. The van der Waals surface area contributed by atoms with Gasteiger partial charge >= 0.3 is 5.97 Å². The van der Waals surface area contributed by atoms with Gasteiger partial charge in [0.15, 0.2) is 6.61 Å². The molecule has 0 aliphatic heterocycles. The number of rotatable bonds is 9. The molecule has 0 radical (unpaired) electrons. The van der Waals surface area contributed by atoms with Crippen molar-refractivity contribution < 1.29 is 19.1 Å². The Morgan fingerprint density at radius 3 is 3.00 bits per heavy atom. The lowest BCUT2D eigenvalue weighted by atomic mass is 10.2. The van der Waals surface area contributed by atoms with Crippen molar-refractivity contribution in [2.24, 2.45) is 10.8 Å². The van der Waals surface area contributed by atoms with Crippen LogP contribution >= 0.6 is 27.3 Å². The summed E-state index contributed by atoms with van der Waals surface area (Å²) in [6.07, 6.45) is 1.65. The highest BCUT2D eigenvalue weighted by Gasteiger charge is 2.08. The fraction of sp³-hybridized carbons (Fsp3) is 0.250. The molecule has 0 fully saturated rings. The molecule has 26 heavy (non-hydrogen) atoms. The lowest BCUT2D eigenvalue weighted by Gasteiger charge is -2.07.